The number of aromatic nitrogens is 6. The third kappa shape index (κ3) is 10.6. The lowest BCUT2D eigenvalue weighted by Gasteiger charge is -2.46. The van der Waals surface area contributed by atoms with E-state index in [-0.39, 0.29) is 87.8 Å². The number of thiophene rings is 1. The molecule has 3 N–H and O–H groups in total. The molecule has 3 aliphatic heterocycles. The fourth-order valence-corrected chi connectivity index (χ4v) is 13.2. The van der Waals surface area contributed by atoms with Gasteiger partial charge in [0.2, 0.25) is 23.6 Å². The first-order valence-corrected chi connectivity index (χ1v) is 27.3. The molecule has 0 radical (unpaired) electrons. The predicted octanol–water partition coefficient (Wildman–Crippen LogP) is 7.14. The zero-order valence-electron chi connectivity index (χ0n) is 43.2. The minimum atomic E-state index is -2.86. The molecule has 0 bridgehead atoms. The van der Waals surface area contributed by atoms with Gasteiger partial charge in [-0.25, -0.2) is 13.5 Å². The highest BCUT2D eigenvalue weighted by Gasteiger charge is 2.55. The topological polar surface area (TPSA) is 228 Å². The van der Waals surface area contributed by atoms with Crippen LogP contribution in [-0.2, 0) is 48.8 Å². The maximum atomic E-state index is 15.1. The minimum Gasteiger partial charge on any atom is -0.487 e. The number of aliphatic imine (C=N–C) groups is 1. The van der Waals surface area contributed by atoms with Gasteiger partial charge in [0.15, 0.2) is 5.82 Å². The van der Waals surface area contributed by atoms with E-state index in [0.717, 1.165) is 44.1 Å². The molecule has 3 aromatic heterocycles. The number of hydrogen-bond donors (Lipinski definition) is 3. The van der Waals surface area contributed by atoms with Gasteiger partial charge in [0.05, 0.1) is 48.8 Å². The summed E-state index contributed by atoms with van der Waals surface area (Å²) >= 11 is 14.7. The summed E-state index contributed by atoms with van der Waals surface area (Å²) in [6.07, 6.45) is -0.491. The molecule has 1 unspecified atom stereocenters. The number of rotatable bonds is 17. The molecule has 2 saturated carbocycles. The van der Waals surface area contributed by atoms with E-state index < -0.39 is 65.3 Å². The van der Waals surface area contributed by atoms with Gasteiger partial charge in [-0.05, 0) is 107 Å². The third-order valence-electron chi connectivity index (χ3n) is 16.1. The Morgan fingerprint density at radius 1 is 1.00 bits per heavy atom. The number of aliphatic carboxylic acids is 1. The van der Waals surface area contributed by atoms with Crippen molar-refractivity contribution in [3.05, 3.63) is 102 Å². The van der Waals surface area contributed by atoms with Crippen LogP contribution in [0.2, 0.25) is 10.0 Å². The molecule has 10 rings (SSSR count). The van der Waals surface area contributed by atoms with Crippen LogP contribution in [0.15, 0.2) is 41.4 Å². The van der Waals surface area contributed by atoms with Crippen LogP contribution < -0.4 is 15.4 Å². The lowest BCUT2D eigenvalue weighted by Crippen LogP contribution is -2.54. The van der Waals surface area contributed by atoms with Gasteiger partial charge in [-0.1, -0.05) is 40.5 Å². The van der Waals surface area contributed by atoms with Crippen LogP contribution in [0, 0.1) is 37.5 Å². The Morgan fingerprint density at radius 2 is 1.77 bits per heavy atom. The summed E-state index contributed by atoms with van der Waals surface area (Å²) < 4.78 is 43.4. The fourth-order valence-electron chi connectivity index (χ4n) is 11.6. The van der Waals surface area contributed by atoms with Crippen molar-refractivity contribution < 1.29 is 47.3 Å². The molecular weight excluding hydrogens is 1060 g/mol. The number of hydrogen-bond acceptors (Lipinski definition) is 13. The number of carboxylic acids is 1. The quantitative estimate of drug-likeness (QED) is 0.0790. The summed E-state index contributed by atoms with van der Waals surface area (Å²) in [5, 5.41) is 34.7. The molecule has 24 heteroatoms. The monoisotopic (exact) mass is 1120 g/mol. The average Bonchev–Trinajstić information content (AvgIpc) is 3.58. The van der Waals surface area contributed by atoms with Gasteiger partial charge in [-0.3, -0.25) is 33.5 Å². The number of alkyl halides is 2. The predicted molar refractivity (Wildman–Crippen MR) is 280 cm³/mol. The molecule has 2 aromatic carbocycles. The molecule has 1 saturated heterocycles. The molecule has 6 heterocycles. The van der Waals surface area contributed by atoms with Crippen LogP contribution in [0.4, 0.5) is 8.78 Å². The largest absolute Gasteiger partial charge is 0.487 e. The number of carboxylic acid groups (broad SMARTS) is 1. The van der Waals surface area contributed by atoms with Gasteiger partial charge in [0, 0.05) is 71.3 Å². The summed E-state index contributed by atoms with van der Waals surface area (Å²) in [6.45, 7) is 7.70. The number of halogens is 4. The number of likely N-dealkylation sites (tertiary alicyclic amines) is 1. The van der Waals surface area contributed by atoms with Crippen molar-refractivity contribution in [3.63, 3.8) is 0 Å². The van der Waals surface area contributed by atoms with E-state index in [1.54, 1.807) is 52.3 Å². The van der Waals surface area contributed by atoms with Crippen molar-refractivity contribution in [2.75, 3.05) is 39.3 Å². The van der Waals surface area contributed by atoms with Crippen LogP contribution in [0.5, 0.6) is 5.75 Å². The Hall–Kier alpha value is -6.36. The molecule has 3 fully saturated rings. The second-order valence-corrected chi connectivity index (χ2v) is 23.2. The number of aryl methyl sites for hydroxylation is 3. The molecule has 5 atom stereocenters. The van der Waals surface area contributed by atoms with Gasteiger partial charge in [0.25, 0.3) is 6.43 Å². The van der Waals surface area contributed by atoms with E-state index in [2.05, 4.69) is 31.1 Å². The normalized spacial score (nSPS) is 22.3. The lowest BCUT2D eigenvalue weighted by atomic mass is 9.65. The zero-order valence-corrected chi connectivity index (χ0v) is 45.5. The molecule has 408 valence electrons. The number of nitrogens with one attached hydrogen (secondary N) is 2. The number of carbonyl (C=O) groups is 5. The highest BCUT2D eigenvalue weighted by molar-refractivity contribution is 7.15. The lowest BCUT2D eigenvalue weighted by molar-refractivity contribution is -0.167. The highest BCUT2D eigenvalue weighted by atomic mass is 35.5. The number of nitrogens with zero attached hydrogens (tertiary/aromatic N) is 9. The van der Waals surface area contributed by atoms with Gasteiger partial charge >= 0.3 is 5.97 Å². The van der Waals surface area contributed by atoms with Crippen LogP contribution in [-0.4, -0.2) is 125 Å². The summed E-state index contributed by atoms with van der Waals surface area (Å²) in [5.41, 5.74) is 2.59. The van der Waals surface area contributed by atoms with E-state index in [4.69, 9.17) is 37.7 Å². The Kier molecular flexibility index (Phi) is 15.1. The Labute approximate surface area is 456 Å². The van der Waals surface area contributed by atoms with Crippen molar-refractivity contribution in [2.45, 2.75) is 110 Å². The van der Waals surface area contributed by atoms with E-state index in [1.165, 1.54) is 7.05 Å². The standard InChI is InChI=1S/C53H59Cl2F2N11O8S/c1-27-28(2)77-50-43(27)45(30-6-8-31(54)9-7-30)60-36(48-63-61-29(3)68(48)50)20-40(69)59-23-41(70)58-17-19-75-32-10-11-34(52(4,21-32)51(73)74)49(72)67-18-14-33-35(55)12-13-39(76-25-37-46(47(56)57)65(5)64-62-37)44(33)38(67)24-66-26-53(15-16-53)22-42(66)71/h6-9,12-13,32,34,36,38,47H,10-11,14-26H2,1-5H3,(H,58,70)(H,59,69)(H,73,74)/t32?,34-,36-,38+,52-/m0/s1. The molecule has 77 heavy (non-hydrogen) atoms. The van der Waals surface area contributed by atoms with Crippen molar-refractivity contribution in [1.29, 1.82) is 0 Å². The van der Waals surface area contributed by atoms with Gasteiger partial charge in [-0.2, -0.15) is 0 Å². The smallest absolute Gasteiger partial charge is 0.310 e. The molecule has 5 aliphatic rings. The average molecular weight is 1120 g/mol. The second kappa shape index (κ2) is 21.5. The maximum absolute atomic E-state index is 15.1. The van der Waals surface area contributed by atoms with Crippen LogP contribution >= 0.6 is 34.5 Å². The fraction of sp³-hybridized carbons (Fsp3) is 0.509. The molecule has 2 aliphatic carbocycles. The number of carbonyl (C=O) groups excluding carboxylic acids is 4. The van der Waals surface area contributed by atoms with E-state index >= 15 is 4.79 Å². The Balaban J connectivity index is 0.773. The number of amides is 4. The second-order valence-electron chi connectivity index (χ2n) is 21.1. The van der Waals surface area contributed by atoms with Gasteiger partial charge in [0.1, 0.15) is 40.6 Å². The number of ether oxygens (including phenoxy) is 2. The SMILES string of the molecule is Cc1sc2c(c1C)C(c1ccc(Cl)cc1)=N[C@@H](CC(=O)NCC(=O)NCCOC1CC[C@@H](C(=O)N3CCc4c(Cl)ccc(OCc5nnn(C)c5C(F)F)c4[C@H]3CN3CC4(CC4)CC3=O)[C@@](C)(C(=O)O)C1)c1nnc(C)n1-2. The molecule has 19 nitrogen and oxygen atoms in total. The Bertz CT molecular complexity index is 3200. The van der Waals surface area contributed by atoms with Crippen molar-refractivity contribution in [2.24, 2.45) is 28.8 Å². The summed E-state index contributed by atoms with van der Waals surface area (Å²) in [5.74, 6) is -2.08. The van der Waals surface area contributed by atoms with Crippen molar-refractivity contribution in [3.8, 4) is 10.8 Å². The minimum absolute atomic E-state index is 0.000930. The molecule has 1 spiro atoms. The van der Waals surface area contributed by atoms with Crippen LogP contribution in [0.1, 0.15) is 126 Å². The number of benzene rings is 2. The van der Waals surface area contributed by atoms with Gasteiger partial charge in [-0.15, -0.1) is 26.6 Å². The third-order valence-corrected chi connectivity index (χ3v) is 17.9. The van der Waals surface area contributed by atoms with Gasteiger partial charge < -0.3 is 35.0 Å². The molecule has 5 aromatic rings. The summed E-state index contributed by atoms with van der Waals surface area (Å²) in [4.78, 5) is 78.2. The first kappa shape index (κ1) is 54.0. The maximum Gasteiger partial charge on any atom is 0.310 e. The van der Waals surface area contributed by atoms with Crippen LogP contribution in [0.25, 0.3) is 5.00 Å². The molecule has 4 amide bonds. The summed E-state index contributed by atoms with van der Waals surface area (Å²) in [6, 6.07) is 9.09. The zero-order chi connectivity index (χ0) is 54.7. The summed E-state index contributed by atoms with van der Waals surface area (Å²) in [7, 11) is 1.36. The first-order valence-electron chi connectivity index (χ1n) is 25.7. The van der Waals surface area contributed by atoms with E-state index in [1.807, 2.05) is 37.5 Å². The highest BCUT2D eigenvalue weighted by Crippen LogP contribution is 2.54. The van der Waals surface area contributed by atoms with Crippen LogP contribution in [0.3, 0.4) is 0 Å². The first-order chi connectivity index (χ1) is 36.8. The van der Waals surface area contributed by atoms with E-state index in [9.17, 15) is 33.1 Å². The Morgan fingerprint density at radius 3 is 2.48 bits per heavy atom. The van der Waals surface area contributed by atoms with E-state index in [0.29, 0.717) is 57.9 Å². The van der Waals surface area contributed by atoms with Crippen molar-refractivity contribution >= 4 is 69.8 Å². The molecular formula is C53H59Cl2F2N11O8S. The number of fused-ring (bicyclic) bond motifs is 4. The van der Waals surface area contributed by atoms with Crippen molar-refractivity contribution in [1.82, 2.24) is 50.2 Å².